The maximum absolute atomic E-state index is 15.6. The predicted octanol–water partition coefficient (Wildman–Crippen LogP) is 8.61. The zero-order valence-corrected chi connectivity index (χ0v) is 37.7. The van der Waals surface area contributed by atoms with Crippen LogP contribution < -0.4 is 15.6 Å². The number of alkyl halides is 6. The SMILES string of the molecule is CCc1cc(-c2ccc3c(=O)n(-c4ccc(Cl)c5c(NS(=O)(=O)C6CC6)nn(CC(F)F)c45)c([C@H](Cc4cc(F)cc(F)c4)NC(=O)Cn4nc(C(F)F)c5c4C(F)(F)[C@@H]4C[C@H]54)nc3c2)nc(C)n1. The number of amides is 1. The van der Waals surface area contributed by atoms with Gasteiger partial charge in [-0.25, -0.2) is 49.7 Å². The van der Waals surface area contributed by atoms with Gasteiger partial charge in [-0.15, -0.1) is 0 Å². The monoisotopic (exact) mass is 1000 g/mol. The first-order chi connectivity index (χ1) is 32.7. The number of nitrogens with zero attached hydrogens (tertiary/aromatic N) is 8. The van der Waals surface area contributed by atoms with Crippen LogP contribution in [-0.2, 0) is 46.7 Å². The van der Waals surface area contributed by atoms with Crippen molar-refractivity contribution in [3.05, 3.63) is 121 Å². The number of aryl methyl sites for hydroxylation is 2. The molecule has 4 heterocycles. The van der Waals surface area contributed by atoms with Crippen molar-refractivity contribution in [2.24, 2.45) is 5.92 Å². The van der Waals surface area contributed by atoms with E-state index >= 15 is 13.6 Å². The van der Waals surface area contributed by atoms with Crippen molar-refractivity contribution in [3.8, 4) is 16.9 Å². The second-order valence-electron chi connectivity index (χ2n) is 17.3. The lowest BCUT2D eigenvalue weighted by molar-refractivity contribution is -0.123. The zero-order valence-electron chi connectivity index (χ0n) is 36.1. The fourth-order valence-electron chi connectivity index (χ4n) is 9.29. The van der Waals surface area contributed by atoms with E-state index in [9.17, 15) is 39.6 Å². The number of aromatic nitrogens is 8. The van der Waals surface area contributed by atoms with E-state index in [1.807, 2.05) is 6.92 Å². The smallest absolute Gasteiger partial charge is 0.293 e. The molecule has 4 aromatic heterocycles. The number of halogens is 9. The third kappa shape index (κ3) is 8.35. The van der Waals surface area contributed by atoms with Crippen LogP contribution in [0.4, 0.5) is 40.9 Å². The number of rotatable bonds is 15. The zero-order chi connectivity index (χ0) is 49.0. The largest absolute Gasteiger partial charge is 0.344 e. The number of hydrogen-bond acceptors (Lipinski definition) is 9. The molecule has 2 saturated carbocycles. The van der Waals surface area contributed by atoms with Crippen LogP contribution in [0.15, 0.2) is 59.4 Å². The van der Waals surface area contributed by atoms with E-state index in [2.05, 4.69) is 30.2 Å². The topological polar surface area (TPSA) is 172 Å². The van der Waals surface area contributed by atoms with Gasteiger partial charge in [-0.3, -0.25) is 28.2 Å². The molecular formula is C45H37ClF8N10O4S. The molecule has 360 valence electrons. The van der Waals surface area contributed by atoms with Crippen LogP contribution in [0.3, 0.4) is 0 Å². The van der Waals surface area contributed by atoms with Gasteiger partial charge < -0.3 is 5.32 Å². The molecule has 7 aromatic rings. The van der Waals surface area contributed by atoms with Gasteiger partial charge in [-0.2, -0.15) is 19.0 Å². The number of hydrogen-bond donors (Lipinski definition) is 2. The quantitative estimate of drug-likeness (QED) is 0.0955. The van der Waals surface area contributed by atoms with Crippen LogP contribution in [0.2, 0.25) is 5.02 Å². The number of nitrogens with one attached hydrogen (secondary N) is 2. The number of fused-ring (bicyclic) bond motifs is 5. The Labute approximate surface area is 390 Å². The van der Waals surface area contributed by atoms with Gasteiger partial charge in [0.05, 0.1) is 49.5 Å². The third-order valence-electron chi connectivity index (χ3n) is 12.5. The van der Waals surface area contributed by atoms with Crippen molar-refractivity contribution in [1.29, 1.82) is 0 Å². The second-order valence-corrected chi connectivity index (χ2v) is 19.7. The molecule has 2 N–H and O–H groups in total. The summed E-state index contributed by atoms with van der Waals surface area (Å²) in [5, 5.41) is 9.27. The minimum absolute atomic E-state index is 0.0303. The van der Waals surface area contributed by atoms with Crippen LogP contribution in [0, 0.1) is 24.5 Å². The molecule has 0 unspecified atom stereocenters. The van der Waals surface area contributed by atoms with Crippen molar-refractivity contribution >= 4 is 55.2 Å². The van der Waals surface area contributed by atoms with Crippen molar-refractivity contribution in [1.82, 2.24) is 44.4 Å². The highest BCUT2D eigenvalue weighted by Crippen LogP contribution is 2.68. The Balaban J connectivity index is 1.20. The highest BCUT2D eigenvalue weighted by Gasteiger charge is 2.67. The molecule has 3 aliphatic rings. The van der Waals surface area contributed by atoms with Gasteiger partial charge in [0, 0.05) is 35.2 Å². The Hall–Kier alpha value is -6.49. The van der Waals surface area contributed by atoms with Crippen LogP contribution >= 0.6 is 11.6 Å². The van der Waals surface area contributed by atoms with Crippen LogP contribution in [0.1, 0.15) is 84.4 Å². The number of carbonyl (C=O) groups is 1. The van der Waals surface area contributed by atoms with Gasteiger partial charge in [0.1, 0.15) is 47.8 Å². The average Bonchev–Trinajstić information content (AvgIpc) is 4.20. The lowest BCUT2D eigenvalue weighted by Crippen LogP contribution is -2.38. The Morgan fingerprint density at radius 1 is 0.957 bits per heavy atom. The molecule has 0 bridgehead atoms. The number of anilines is 1. The Kier molecular flexibility index (Phi) is 11.3. The molecular weight excluding hydrogens is 964 g/mol. The Bertz CT molecular complexity index is 3430. The van der Waals surface area contributed by atoms with E-state index in [4.69, 9.17) is 16.6 Å². The molecule has 24 heteroatoms. The van der Waals surface area contributed by atoms with Gasteiger partial charge >= 0.3 is 0 Å². The van der Waals surface area contributed by atoms with E-state index in [1.165, 1.54) is 24.3 Å². The first-order valence-electron chi connectivity index (χ1n) is 21.6. The Morgan fingerprint density at radius 3 is 2.38 bits per heavy atom. The maximum Gasteiger partial charge on any atom is 0.293 e. The Morgan fingerprint density at radius 2 is 1.70 bits per heavy atom. The summed E-state index contributed by atoms with van der Waals surface area (Å²) in [6.07, 6.45) is -5.79. The first-order valence-corrected chi connectivity index (χ1v) is 23.6. The van der Waals surface area contributed by atoms with E-state index in [0.717, 1.165) is 21.4 Å². The second kappa shape index (κ2) is 16.9. The first kappa shape index (κ1) is 46.2. The van der Waals surface area contributed by atoms with Crippen LogP contribution in [0.25, 0.3) is 38.8 Å². The molecule has 14 nitrogen and oxygen atoms in total. The number of carbonyl (C=O) groups excluding carboxylic acids is 1. The highest BCUT2D eigenvalue weighted by atomic mass is 35.5. The molecule has 0 radical (unpaired) electrons. The van der Waals surface area contributed by atoms with Crippen molar-refractivity contribution in [2.75, 3.05) is 4.72 Å². The summed E-state index contributed by atoms with van der Waals surface area (Å²) in [6, 6.07) is 9.45. The summed E-state index contributed by atoms with van der Waals surface area (Å²) >= 11 is 6.69. The van der Waals surface area contributed by atoms with Crippen LogP contribution in [-0.4, -0.2) is 65.1 Å². The summed E-state index contributed by atoms with van der Waals surface area (Å²) in [7, 11) is -4.10. The summed E-state index contributed by atoms with van der Waals surface area (Å²) in [5.74, 6) is -9.40. The molecule has 69 heavy (non-hydrogen) atoms. The summed E-state index contributed by atoms with van der Waals surface area (Å²) in [6.45, 7) is 1.36. The molecule has 0 aliphatic heterocycles. The maximum atomic E-state index is 15.6. The van der Waals surface area contributed by atoms with E-state index < -0.39 is 118 Å². The fraction of sp³-hybridized carbons (Fsp3) is 0.356. The standard InChI is InChI=1S/C45H37ClF8N10O4S/c1-3-24-15-30(56-19(2)55-24)21-4-7-26-31(13-21)58-43(64(44(26)66)33-9-8-29(46)37-39(33)62(17-34(49)50)60-42(37)61-69(67,68)25-5-6-25)32(12-20-10-22(47)14-23(48)11-20)57-35(65)18-63-40-36(38(59-63)41(51)52)27-16-28(27)45(40,53)54/h4,7-11,13-15,25,27-28,32,34,41H,3,5-6,12,16-18H2,1-2H3,(H,57,65)(H,60,61)/t27-,28+,32-/m0/s1. The van der Waals surface area contributed by atoms with Crippen molar-refractivity contribution < 1.29 is 48.3 Å². The third-order valence-corrected chi connectivity index (χ3v) is 14.6. The molecule has 1 amide bonds. The number of sulfonamides is 1. The van der Waals surface area contributed by atoms with E-state index in [0.29, 0.717) is 52.8 Å². The minimum atomic E-state index is -4.10. The number of benzene rings is 3. The fourth-order valence-corrected chi connectivity index (χ4v) is 10.9. The van der Waals surface area contributed by atoms with Gasteiger partial charge in [0.15, 0.2) is 5.82 Å². The summed E-state index contributed by atoms with van der Waals surface area (Å²) in [5.41, 5.74) is -2.13. The van der Waals surface area contributed by atoms with Crippen LogP contribution in [0.5, 0.6) is 0 Å². The summed E-state index contributed by atoms with van der Waals surface area (Å²) in [4.78, 5) is 43.4. The molecule has 3 aromatic carbocycles. The highest BCUT2D eigenvalue weighted by molar-refractivity contribution is 7.93. The molecule has 0 saturated heterocycles. The molecule has 3 atom stereocenters. The van der Waals surface area contributed by atoms with Crippen molar-refractivity contribution in [2.45, 2.75) is 95.0 Å². The summed E-state index contributed by atoms with van der Waals surface area (Å²) < 4.78 is 149. The molecule has 10 rings (SSSR count). The van der Waals surface area contributed by atoms with Gasteiger partial charge in [0.25, 0.3) is 24.3 Å². The molecule has 3 aliphatic carbocycles. The average molecular weight is 1000 g/mol. The van der Waals surface area contributed by atoms with E-state index in [1.54, 1.807) is 19.1 Å². The van der Waals surface area contributed by atoms with Gasteiger partial charge in [-0.1, -0.05) is 24.6 Å². The molecule has 2 fully saturated rings. The van der Waals surface area contributed by atoms with Gasteiger partial charge in [0.2, 0.25) is 15.9 Å². The van der Waals surface area contributed by atoms with Gasteiger partial charge in [-0.05, 0) is 86.6 Å². The lowest BCUT2D eigenvalue weighted by Gasteiger charge is -2.24. The lowest BCUT2D eigenvalue weighted by atomic mass is 10.0. The van der Waals surface area contributed by atoms with E-state index in [-0.39, 0.29) is 50.1 Å². The van der Waals surface area contributed by atoms with Crippen molar-refractivity contribution in [3.63, 3.8) is 0 Å². The minimum Gasteiger partial charge on any atom is -0.344 e. The molecule has 0 spiro atoms. The predicted molar refractivity (Wildman–Crippen MR) is 235 cm³/mol. The normalized spacial score (nSPS) is 17.8.